The average molecular weight is 365 g/mol. The van der Waals surface area contributed by atoms with E-state index in [9.17, 15) is 4.79 Å². The molecule has 8 heteroatoms. The van der Waals surface area contributed by atoms with Gasteiger partial charge in [-0.25, -0.2) is 0 Å². The zero-order chi connectivity index (χ0) is 17.6. The van der Waals surface area contributed by atoms with Gasteiger partial charge in [0.1, 0.15) is 0 Å². The maximum atomic E-state index is 11.5. The van der Waals surface area contributed by atoms with Gasteiger partial charge in [0.15, 0.2) is 16.6 Å². The van der Waals surface area contributed by atoms with Crippen molar-refractivity contribution in [1.29, 1.82) is 0 Å². The molecule has 0 aliphatic rings. The van der Waals surface area contributed by atoms with E-state index < -0.39 is 25.2 Å². The van der Waals surface area contributed by atoms with E-state index in [4.69, 9.17) is 8.23 Å². The Morgan fingerprint density at radius 2 is 1.59 bits per heavy atom. The predicted octanol–water partition coefficient (Wildman–Crippen LogP) is 2.76. The first-order chi connectivity index (χ1) is 9.78. The van der Waals surface area contributed by atoms with Gasteiger partial charge in [-0.3, -0.25) is 4.79 Å². The van der Waals surface area contributed by atoms with Crippen molar-refractivity contribution in [3.8, 4) is 0 Å². The molecular weight excluding hydrogens is 328 g/mol. The molecule has 0 rings (SSSR count). The van der Waals surface area contributed by atoms with Crippen LogP contribution in [0.4, 0.5) is 0 Å². The molecule has 0 radical (unpaired) electrons. The Balaban J connectivity index is 4.22. The molecule has 0 aromatic heterocycles. The highest BCUT2D eigenvalue weighted by Crippen LogP contribution is 2.19. The smallest absolute Gasteiger partial charge is 0.311 e. The average Bonchev–Trinajstić information content (AvgIpc) is 2.28. The summed E-state index contributed by atoms with van der Waals surface area (Å²) in [6.07, 6.45) is 1.44. The molecule has 0 atom stereocenters. The Hall–Kier alpha value is 0.000649. The highest BCUT2D eigenvalue weighted by atomic mass is 28.5. The first kappa shape index (κ1) is 22.0. The monoisotopic (exact) mass is 364 g/mol. The third-order valence-electron chi connectivity index (χ3n) is 2.98. The highest BCUT2D eigenvalue weighted by Gasteiger charge is 2.37. The van der Waals surface area contributed by atoms with Crippen LogP contribution < -0.4 is 5.32 Å². The summed E-state index contributed by atoms with van der Waals surface area (Å²) in [5.74, 6) is 0.187. The second-order valence-corrected chi connectivity index (χ2v) is 20.4. The lowest BCUT2D eigenvalue weighted by Gasteiger charge is -2.37. The molecule has 132 valence electrons. The van der Waals surface area contributed by atoms with Gasteiger partial charge >= 0.3 is 8.56 Å². The second-order valence-electron chi connectivity index (χ2n) is 7.82. The van der Waals surface area contributed by atoms with E-state index >= 15 is 0 Å². The van der Waals surface area contributed by atoms with Crippen molar-refractivity contribution in [2.45, 2.75) is 59.2 Å². The second kappa shape index (κ2) is 8.74. The lowest BCUT2D eigenvalue weighted by molar-refractivity contribution is -0.129. The molecule has 0 aliphatic carbocycles. The molecule has 1 amide bonds. The fraction of sp³-hybridized carbons (Fsp3) is 0.929. The zero-order valence-electron chi connectivity index (χ0n) is 16.0. The van der Waals surface area contributed by atoms with Crippen molar-refractivity contribution in [1.82, 2.24) is 10.2 Å². The van der Waals surface area contributed by atoms with E-state index in [-0.39, 0.29) is 5.91 Å². The quantitative estimate of drug-likeness (QED) is 0.478. The summed E-state index contributed by atoms with van der Waals surface area (Å²) in [5.41, 5.74) is 0. The molecule has 0 bridgehead atoms. The molecule has 5 nitrogen and oxygen atoms in total. The molecular formula is C14H36N2O3Si3. The SMILES string of the molecule is CCC(=O)N(C)CCNC[Si](C)(C)O[Si](C)(C)O[Si](C)(C)C. The molecule has 1 N–H and O–H groups in total. The summed E-state index contributed by atoms with van der Waals surface area (Å²) in [5, 5.41) is 3.44. The molecule has 0 aromatic carbocycles. The van der Waals surface area contributed by atoms with Crippen LogP contribution in [0.1, 0.15) is 13.3 Å². The van der Waals surface area contributed by atoms with E-state index in [0.29, 0.717) is 6.42 Å². The number of nitrogens with one attached hydrogen (secondary N) is 1. The molecule has 0 spiro atoms. The number of rotatable bonds is 10. The summed E-state index contributed by atoms with van der Waals surface area (Å²) in [4.78, 5) is 13.3. The van der Waals surface area contributed by atoms with Crippen molar-refractivity contribution in [3.05, 3.63) is 0 Å². The van der Waals surface area contributed by atoms with Gasteiger partial charge in [-0.15, -0.1) is 0 Å². The van der Waals surface area contributed by atoms with Crippen LogP contribution in [0.5, 0.6) is 0 Å². The van der Waals surface area contributed by atoms with Crippen LogP contribution in [0.25, 0.3) is 0 Å². The molecule has 0 unspecified atom stereocenters. The van der Waals surface area contributed by atoms with Gasteiger partial charge in [0, 0.05) is 32.7 Å². The normalized spacial score (nSPS) is 13.3. The van der Waals surface area contributed by atoms with Crippen LogP contribution in [0, 0.1) is 0 Å². The van der Waals surface area contributed by atoms with E-state index in [1.165, 1.54) is 0 Å². The standard InChI is InChI=1S/C14H36N2O3Si3/c1-10-14(17)16(2)12-11-15-13-21(6,7)19-22(8,9)18-20(3,4)5/h15H,10-13H2,1-9H3. The van der Waals surface area contributed by atoms with Crippen LogP contribution in [0.3, 0.4) is 0 Å². The number of carbonyl (C=O) groups is 1. The number of amides is 1. The minimum absolute atomic E-state index is 0.187. The third kappa shape index (κ3) is 10.7. The maximum absolute atomic E-state index is 11.5. The number of nitrogens with zero attached hydrogens (tertiary/aromatic N) is 1. The Labute approximate surface area is 140 Å². The zero-order valence-corrected chi connectivity index (χ0v) is 19.0. The Morgan fingerprint density at radius 3 is 2.05 bits per heavy atom. The predicted molar refractivity (Wildman–Crippen MR) is 101 cm³/mol. The minimum atomic E-state index is -2.06. The van der Waals surface area contributed by atoms with Crippen LogP contribution in [0.2, 0.25) is 45.8 Å². The van der Waals surface area contributed by atoms with Crippen LogP contribution >= 0.6 is 0 Å². The van der Waals surface area contributed by atoms with Gasteiger partial charge in [0.05, 0.1) is 0 Å². The molecule has 0 aliphatic heterocycles. The van der Waals surface area contributed by atoms with Crippen LogP contribution in [-0.2, 0) is 13.0 Å². The van der Waals surface area contributed by atoms with Crippen molar-refractivity contribution in [2.75, 3.05) is 26.3 Å². The summed E-state index contributed by atoms with van der Waals surface area (Å²) >= 11 is 0. The first-order valence-electron chi connectivity index (χ1n) is 8.13. The topological polar surface area (TPSA) is 50.8 Å². The Kier molecular flexibility index (Phi) is 8.74. The van der Waals surface area contributed by atoms with E-state index in [2.05, 4.69) is 51.1 Å². The number of likely N-dealkylation sites (N-methyl/N-ethyl adjacent to an activating group) is 1. The molecule has 0 saturated carbocycles. The van der Waals surface area contributed by atoms with Crippen molar-refractivity contribution in [3.63, 3.8) is 0 Å². The fourth-order valence-electron chi connectivity index (χ4n) is 2.49. The minimum Gasteiger partial charge on any atom is -0.437 e. The lowest BCUT2D eigenvalue weighted by Crippen LogP contribution is -2.55. The Bertz CT molecular complexity index is 358. The Morgan fingerprint density at radius 1 is 1.05 bits per heavy atom. The third-order valence-corrected chi connectivity index (χ3v) is 12.7. The van der Waals surface area contributed by atoms with E-state index in [0.717, 1.165) is 19.3 Å². The lowest BCUT2D eigenvalue weighted by atomic mass is 10.4. The fourth-order valence-corrected chi connectivity index (χ4v) is 15.3. The maximum Gasteiger partial charge on any atom is 0.311 e. The van der Waals surface area contributed by atoms with Gasteiger partial charge in [-0.2, -0.15) is 0 Å². The van der Waals surface area contributed by atoms with Crippen LogP contribution in [-0.4, -0.2) is 62.3 Å². The first-order valence-corrected chi connectivity index (χ1v) is 17.5. The van der Waals surface area contributed by atoms with Gasteiger partial charge in [-0.05, 0) is 45.8 Å². The number of hydrogen-bond donors (Lipinski definition) is 1. The van der Waals surface area contributed by atoms with Crippen LogP contribution in [0.15, 0.2) is 0 Å². The van der Waals surface area contributed by atoms with E-state index in [1.807, 2.05) is 14.0 Å². The van der Waals surface area contributed by atoms with Gasteiger partial charge in [-0.1, -0.05) is 6.92 Å². The van der Waals surface area contributed by atoms with Gasteiger partial charge in [0.25, 0.3) is 0 Å². The molecule has 0 saturated heterocycles. The summed E-state index contributed by atoms with van der Waals surface area (Å²) in [7, 11) is -3.58. The summed E-state index contributed by atoms with van der Waals surface area (Å²) in [6.45, 7) is 18.8. The number of hydrogen-bond acceptors (Lipinski definition) is 4. The molecule has 22 heavy (non-hydrogen) atoms. The molecule has 0 fully saturated rings. The van der Waals surface area contributed by atoms with Gasteiger partial charge in [0.2, 0.25) is 5.91 Å². The molecule has 0 aromatic rings. The van der Waals surface area contributed by atoms with Crippen molar-refractivity contribution in [2.24, 2.45) is 0 Å². The number of carbonyl (C=O) groups excluding carboxylic acids is 1. The van der Waals surface area contributed by atoms with Gasteiger partial charge < -0.3 is 18.4 Å². The van der Waals surface area contributed by atoms with Crippen molar-refractivity contribution >= 4 is 31.1 Å². The summed E-state index contributed by atoms with van der Waals surface area (Å²) < 4.78 is 12.7. The summed E-state index contributed by atoms with van der Waals surface area (Å²) in [6, 6.07) is 0. The largest absolute Gasteiger partial charge is 0.437 e. The van der Waals surface area contributed by atoms with Crippen molar-refractivity contribution < 1.29 is 13.0 Å². The highest BCUT2D eigenvalue weighted by molar-refractivity contribution is 6.87. The molecule has 0 heterocycles. The van der Waals surface area contributed by atoms with E-state index in [1.54, 1.807) is 4.90 Å².